The first kappa shape index (κ1) is 14.3. The highest BCUT2D eigenvalue weighted by Crippen LogP contribution is 2.09. The van der Waals surface area contributed by atoms with E-state index in [9.17, 15) is 4.79 Å². The Hall–Kier alpha value is -1.76. The molecule has 1 amide bonds. The topological polar surface area (TPSA) is 92.9 Å². The van der Waals surface area contributed by atoms with Crippen molar-refractivity contribution < 1.29 is 4.79 Å². The molecule has 1 rings (SSSR count). The summed E-state index contributed by atoms with van der Waals surface area (Å²) in [6.07, 6.45) is 3.31. The summed E-state index contributed by atoms with van der Waals surface area (Å²) in [5.41, 5.74) is 6.12. The summed E-state index contributed by atoms with van der Waals surface area (Å²) in [4.78, 5) is 19.5. The van der Waals surface area contributed by atoms with Crippen LogP contribution in [-0.2, 0) is 4.79 Å². The molecule has 0 aliphatic carbocycles. The molecular weight excluding hydrogens is 250 g/mol. The van der Waals surface area contributed by atoms with E-state index in [4.69, 9.17) is 18.0 Å². The number of nitrogens with one attached hydrogen (secondary N) is 2. The van der Waals surface area contributed by atoms with Gasteiger partial charge >= 0.3 is 0 Å². The lowest BCUT2D eigenvalue weighted by molar-refractivity contribution is -0.121. The third-order valence-corrected chi connectivity index (χ3v) is 2.29. The lowest BCUT2D eigenvalue weighted by atomic mass is 10.3. The van der Waals surface area contributed by atoms with E-state index in [1.165, 1.54) is 6.33 Å². The highest BCUT2D eigenvalue weighted by Gasteiger charge is 2.07. The number of anilines is 1. The molecule has 0 radical (unpaired) electrons. The lowest BCUT2D eigenvalue weighted by Gasteiger charge is -2.10. The summed E-state index contributed by atoms with van der Waals surface area (Å²) in [7, 11) is 0. The van der Waals surface area contributed by atoms with Crippen LogP contribution in [0.15, 0.2) is 12.5 Å². The van der Waals surface area contributed by atoms with E-state index in [1.54, 1.807) is 6.20 Å². The summed E-state index contributed by atoms with van der Waals surface area (Å²) in [5, 5.41) is 5.82. The Bertz CT molecular complexity index is 435. The molecule has 1 aromatic rings. The molecule has 0 aliphatic rings. The van der Waals surface area contributed by atoms with Gasteiger partial charge in [0.25, 0.3) is 0 Å². The second kappa shape index (κ2) is 6.85. The number of nitrogens with zero attached hydrogens (tertiary/aromatic N) is 2. The van der Waals surface area contributed by atoms with Crippen molar-refractivity contribution in [2.75, 3.05) is 11.9 Å². The van der Waals surface area contributed by atoms with Gasteiger partial charge in [-0.1, -0.05) is 12.2 Å². The number of thiocarbonyl (C=S) groups is 1. The molecular formula is C11H17N5OS. The normalized spacial score (nSPS) is 10.2. The maximum absolute atomic E-state index is 11.4. The van der Waals surface area contributed by atoms with Gasteiger partial charge < -0.3 is 16.4 Å². The van der Waals surface area contributed by atoms with Crippen LogP contribution in [0.1, 0.15) is 25.8 Å². The zero-order valence-electron chi connectivity index (χ0n) is 10.4. The molecule has 0 aromatic carbocycles. The number of rotatable bonds is 6. The molecule has 0 spiro atoms. The molecule has 0 saturated carbocycles. The quantitative estimate of drug-likeness (QED) is 0.648. The van der Waals surface area contributed by atoms with Gasteiger partial charge in [-0.05, 0) is 13.8 Å². The van der Waals surface area contributed by atoms with E-state index in [2.05, 4.69) is 20.6 Å². The molecule has 0 aliphatic heterocycles. The molecule has 98 valence electrons. The molecule has 18 heavy (non-hydrogen) atoms. The molecule has 4 N–H and O–H groups in total. The first-order valence-electron chi connectivity index (χ1n) is 5.63. The van der Waals surface area contributed by atoms with Crippen LogP contribution in [-0.4, -0.2) is 33.5 Å². The smallest absolute Gasteiger partial charge is 0.221 e. The van der Waals surface area contributed by atoms with Gasteiger partial charge in [-0.25, -0.2) is 9.97 Å². The maximum atomic E-state index is 11.4. The van der Waals surface area contributed by atoms with Gasteiger partial charge in [-0.3, -0.25) is 4.79 Å². The van der Waals surface area contributed by atoms with Gasteiger partial charge in [-0.2, -0.15) is 0 Å². The van der Waals surface area contributed by atoms with Crippen LogP contribution in [0.25, 0.3) is 0 Å². The molecule has 1 heterocycles. The van der Waals surface area contributed by atoms with Crippen LogP contribution in [0, 0.1) is 0 Å². The monoisotopic (exact) mass is 267 g/mol. The zero-order valence-corrected chi connectivity index (χ0v) is 11.3. The van der Waals surface area contributed by atoms with Crippen molar-refractivity contribution in [1.82, 2.24) is 15.3 Å². The fraction of sp³-hybridized carbons (Fsp3) is 0.455. The van der Waals surface area contributed by atoms with E-state index in [0.717, 1.165) is 0 Å². The van der Waals surface area contributed by atoms with E-state index in [-0.39, 0.29) is 16.9 Å². The number of aromatic nitrogens is 2. The van der Waals surface area contributed by atoms with Crippen molar-refractivity contribution >= 4 is 28.9 Å². The van der Waals surface area contributed by atoms with Crippen molar-refractivity contribution in [1.29, 1.82) is 0 Å². The fourth-order valence-electron chi connectivity index (χ4n) is 1.34. The Balaban J connectivity index is 2.49. The first-order valence-corrected chi connectivity index (χ1v) is 6.04. The maximum Gasteiger partial charge on any atom is 0.221 e. The summed E-state index contributed by atoms with van der Waals surface area (Å²) >= 11 is 4.89. The van der Waals surface area contributed by atoms with Gasteiger partial charge in [0.05, 0.1) is 5.56 Å². The summed E-state index contributed by atoms with van der Waals surface area (Å²) in [5.74, 6) is 0.540. The van der Waals surface area contributed by atoms with Crippen molar-refractivity contribution in [3.8, 4) is 0 Å². The Morgan fingerprint density at radius 2 is 2.28 bits per heavy atom. The molecule has 7 heteroatoms. The van der Waals surface area contributed by atoms with E-state index >= 15 is 0 Å². The predicted molar refractivity (Wildman–Crippen MR) is 74.3 cm³/mol. The number of nitrogens with two attached hydrogens (primary N) is 1. The second-order valence-corrected chi connectivity index (χ2v) is 4.49. The van der Waals surface area contributed by atoms with Gasteiger partial charge in [0.1, 0.15) is 17.1 Å². The van der Waals surface area contributed by atoms with E-state index < -0.39 is 0 Å². The molecule has 0 fully saturated rings. The van der Waals surface area contributed by atoms with E-state index in [1.807, 2.05) is 13.8 Å². The zero-order chi connectivity index (χ0) is 13.5. The van der Waals surface area contributed by atoms with Crippen LogP contribution < -0.4 is 16.4 Å². The number of carbonyl (C=O) groups excluding carboxylic acids is 1. The van der Waals surface area contributed by atoms with Crippen molar-refractivity contribution in [2.45, 2.75) is 26.3 Å². The molecule has 0 unspecified atom stereocenters. The van der Waals surface area contributed by atoms with Crippen LogP contribution >= 0.6 is 12.2 Å². The minimum atomic E-state index is -0.0107. The largest absolute Gasteiger partial charge is 0.389 e. The minimum absolute atomic E-state index is 0.0107. The lowest BCUT2D eigenvalue weighted by Crippen LogP contribution is -2.31. The first-order chi connectivity index (χ1) is 8.50. The van der Waals surface area contributed by atoms with Crippen molar-refractivity contribution in [3.05, 3.63) is 18.1 Å². The fourth-order valence-corrected chi connectivity index (χ4v) is 1.49. The highest BCUT2D eigenvalue weighted by atomic mass is 32.1. The summed E-state index contributed by atoms with van der Waals surface area (Å²) < 4.78 is 0. The summed E-state index contributed by atoms with van der Waals surface area (Å²) in [6.45, 7) is 4.30. The average Bonchev–Trinajstić information content (AvgIpc) is 2.28. The summed E-state index contributed by atoms with van der Waals surface area (Å²) in [6, 6.07) is 0.142. The van der Waals surface area contributed by atoms with Gasteiger partial charge in [-0.15, -0.1) is 0 Å². The number of amides is 1. The van der Waals surface area contributed by atoms with E-state index in [0.29, 0.717) is 24.3 Å². The Morgan fingerprint density at radius 3 is 2.89 bits per heavy atom. The Kier molecular flexibility index (Phi) is 5.44. The van der Waals surface area contributed by atoms with Crippen molar-refractivity contribution in [3.63, 3.8) is 0 Å². The second-order valence-electron chi connectivity index (χ2n) is 4.05. The standard InChI is InChI=1S/C11H17N5OS/c1-7(2)16-9(17)3-4-14-11-8(10(12)18)5-13-6-15-11/h5-7H,3-4H2,1-2H3,(H2,12,18)(H,16,17)(H,13,14,15). The molecule has 0 saturated heterocycles. The molecule has 1 aromatic heterocycles. The average molecular weight is 267 g/mol. The Labute approximate surface area is 111 Å². The van der Waals surface area contributed by atoms with Gasteiger partial charge in [0.2, 0.25) is 5.91 Å². The Morgan fingerprint density at radius 1 is 1.56 bits per heavy atom. The minimum Gasteiger partial charge on any atom is -0.389 e. The van der Waals surface area contributed by atoms with Gasteiger partial charge in [0.15, 0.2) is 0 Å². The van der Waals surface area contributed by atoms with Crippen LogP contribution in [0.4, 0.5) is 5.82 Å². The molecule has 6 nitrogen and oxygen atoms in total. The predicted octanol–water partition coefficient (Wildman–Crippen LogP) is 0.437. The highest BCUT2D eigenvalue weighted by molar-refractivity contribution is 7.80. The number of carbonyl (C=O) groups is 1. The third-order valence-electron chi connectivity index (χ3n) is 2.07. The SMILES string of the molecule is CC(C)NC(=O)CCNc1ncncc1C(N)=S. The van der Waals surface area contributed by atoms with Crippen LogP contribution in [0.3, 0.4) is 0 Å². The number of hydrogen-bond acceptors (Lipinski definition) is 5. The number of hydrogen-bond donors (Lipinski definition) is 3. The molecule has 0 bridgehead atoms. The third kappa shape index (κ3) is 4.62. The van der Waals surface area contributed by atoms with Crippen molar-refractivity contribution in [2.24, 2.45) is 5.73 Å². The van der Waals surface area contributed by atoms with Gasteiger partial charge in [0, 0.05) is 25.2 Å². The van der Waals surface area contributed by atoms with Crippen LogP contribution in [0.2, 0.25) is 0 Å². The molecule has 0 atom stereocenters. The van der Waals surface area contributed by atoms with Crippen LogP contribution in [0.5, 0.6) is 0 Å².